The largest absolute Gasteiger partial charge is 0.463 e. The van der Waals surface area contributed by atoms with Gasteiger partial charge in [0.25, 0.3) is 0 Å². The Morgan fingerprint density at radius 1 is 0.829 bits per heavy atom. The molecule has 0 amide bonds. The van der Waals surface area contributed by atoms with Crippen molar-refractivity contribution in [2.75, 3.05) is 6.61 Å². The number of Topliss-reactive ketones (excluding diaryl/α,β-unsaturated/α-hetero) is 1. The highest BCUT2D eigenvalue weighted by molar-refractivity contribution is 7.80. The summed E-state index contributed by atoms with van der Waals surface area (Å²) < 4.78 is 33.3. The van der Waals surface area contributed by atoms with Gasteiger partial charge in [-0.3, -0.25) is 24.0 Å². The van der Waals surface area contributed by atoms with Crippen LogP contribution in [0, 0.1) is 0 Å². The lowest BCUT2D eigenvalue weighted by molar-refractivity contribution is -0.288. The Hall–Kier alpha value is -4.04. The predicted octanol–water partition coefficient (Wildman–Crippen LogP) is 1.53. The van der Waals surface area contributed by atoms with E-state index in [4.69, 9.17) is 40.6 Å². The van der Waals surface area contributed by atoms with Gasteiger partial charge in [-0.1, -0.05) is 12.1 Å². The molecule has 2 heterocycles. The van der Waals surface area contributed by atoms with Crippen molar-refractivity contribution >= 4 is 47.0 Å². The van der Waals surface area contributed by atoms with Crippen LogP contribution < -0.4 is 15.4 Å². The molecule has 0 radical (unpaired) electrons. The third kappa shape index (κ3) is 8.24. The van der Waals surface area contributed by atoms with Gasteiger partial charge in [0.15, 0.2) is 23.1 Å². The number of esters is 4. The lowest BCUT2D eigenvalue weighted by atomic mass is 9.93. The van der Waals surface area contributed by atoms with Crippen molar-refractivity contribution in [3.05, 3.63) is 41.1 Å². The number of nitrogens with one attached hydrogen (secondary N) is 2. The summed E-state index contributed by atoms with van der Waals surface area (Å²) in [6, 6.07) is 6.12. The number of hydrogen-bond acceptors (Lipinski definition) is 12. The van der Waals surface area contributed by atoms with E-state index in [0.717, 1.165) is 20.8 Å². The molecule has 222 valence electrons. The van der Waals surface area contributed by atoms with E-state index >= 15 is 0 Å². The number of rotatable bonds is 9. The Morgan fingerprint density at radius 3 is 1.93 bits per heavy atom. The van der Waals surface area contributed by atoms with Crippen molar-refractivity contribution in [1.29, 1.82) is 0 Å². The number of carbonyl (C=O) groups is 5. The molecule has 1 aromatic carbocycles. The van der Waals surface area contributed by atoms with Gasteiger partial charge in [-0.25, -0.2) is 0 Å². The highest BCUT2D eigenvalue weighted by Crippen LogP contribution is 2.32. The van der Waals surface area contributed by atoms with Gasteiger partial charge in [0.2, 0.25) is 12.4 Å². The molecule has 2 aliphatic heterocycles. The van der Waals surface area contributed by atoms with Gasteiger partial charge >= 0.3 is 23.9 Å². The molecule has 3 rings (SSSR count). The zero-order chi connectivity index (χ0) is 30.4. The second-order valence-corrected chi connectivity index (χ2v) is 9.79. The molecule has 41 heavy (non-hydrogen) atoms. The summed E-state index contributed by atoms with van der Waals surface area (Å²) in [5.74, 6) is -2.73. The van der Waals surface area contributed by atoms with Crippen LogP contribution in [0.25, 0.3) is 0 Å². The van der Waals surface area contributed by atoms with Crippen LogP contribution in [-0.4, -0.2) is 72.1 Å². The normalized spacial score (nSPS) is 25.7. The molecule has 14 heteroatoms. The van der Waals surface area contributed by atoms with E-state index in [0.29, 0.717) is 21.9 Å². The average molecular weight is 593 g/mol. The minimum absolute atomic E-state index is 0.132. The minimum Gasteiger partial charge on any atom is -0.463 e. The first kappa shape index (κ1) is 31.5. The number of thiocarbonyl (C=S) groups is 1. The summed E-state index contributed by atoms with van der Waals surface area (Å²) in [7, 11) is 0. The van der Waals surface area contributed by atoms with E-state index in [-0.39, 0.29) is 18.1 Å². The van der Waals surface area contributed by atoms with E-state index in [2.05, 4.69) is 10.6 Å². The summed E-state index contributed by atoms with van der Waals surface area (Å²) >= 11 is 5.26. The maximum atomic E-state index is 12.3. The highest BCUT2D eigenvalue weighted by atomic mass is 32.1. The lowest BCUT2D eigenvalue weighted by Gasteiger charge is -2.43. The van der Waals surface area contributed by atoms with E-state index in [1.165, 1.54) is 13.8 Å². The van der Waals surface area contributed by atoms with Crippen molar-refractivity contribution < 1.29 is 52.4 Å². The van der Waals surface area contributed by atoms with Crippen molar-refractivity contribution in [3.63, 3.8) is 0 Å². The Balaban J connectivity index is 1.94. The van der Waals surface area contributed by atoms with Crippen LogP contribution in [0.15, 0.2) is 35.5 Å². The molecule has 0 aliphatic carbocycles. The maximum Gasteiger partial charge on any atom is 0.303 e. The summed E-state index contributed by atoms with van der Waals surface area (Å²) in [4.78, 5) is 59.7. The highest BCUT2D eigenvalue weighted by Gasteiger charge is 2.53. The Kier molecular flexibility index (Phi) is 10.4. The van der Waals surface area contributed by atoms with Crippen LogP contribution in [0.1, 0.15) is 53.1 Å². The molecule has 1 unspecified atom stereocenters. The van der Waals surface area contributed by atoms with Crippen LogP contribution in [0.5, 0.6) is 5.75 Å². The first-order valence-electron chi connectivity index (χ1n) is 12.6. The summed E-state index contributed by atoms with van der Waals surface area (Å²) in [6.45, 7) is 7.44. The third-order valence-electron chi connectivity index (χ3n) is 6.06. The smallest absolute Gasteiger partial charge is 0.303 e. The third-order valence-corrected chi connectivity index (χ3v) is 6.28. The molecular weight excluding hydrogens is 560 g/mol. The van der Waals surface area contributed by atoms with Crippen molar-refractivity contribution in [3.8, 4) is 5.75 Å². The summed E-state index contributed by atoms with van der Waals surface area (Å²) in [6.07, 6.45) is -6.54. The van der Waals surface area contributed by atoms with Gasteiger partial charge in [-0.2, -0.15) is 0 Å². The molecule has 1 aromatic rings. The van der Waals surface area contributed by atoms with E-state index in [9.17, 15) is 24.0 Å². The fourth-order valence-corrected chi connectivity index (χ4v) is 4.84. The molecule has 1 fully saturated rings. The number of ketones is 1. The molecule has 0 bridgehead atoms. The monoisotopic (exact) mass is 592 g/mol. The molecular formula is C27H32N2O11S. The number of allylic oxidation sites excluding steroid dienone is 1. The van der Waals surface area contributed by atoms with Gasteiger partial charge in [0, 0.05) is 39.0 Å². The van der Waals surface area contributed by atoms with Gasteiger partial charge < -0.3 is 39.1 Å². The fourth-order valence-electron chi connectivity index (χ4n) is 4.57. The standard InChI is InChI=1S/C27H32N2O11S/c1-12-21(13(2)30)22(29-27(41)28-12)18-7-9-19(10-8-18)39-26-25(38-17(6)34)24(37-16(5)33)23(36-15(4)32)20(40-26)11-35-14(3)31/h7-10,20,22-26H,11H2,1-6H3,(H2,28,29,41)/t20-,22?,23-,24-,25-,26-/m1/s1. The molecule has 2 N–H and O–H groups in total. The Labute approximate surface area is 241 Å². The molecule has 2 aliphatic rings. The van der Waals surface area contributed by atoms with E-state index in [1.54, 1.807) is 31.2 Å². The van der Waals surface area contributed by atoms with Crippen molar-refractivity contribution in [1.82, 2.24) is 10.6 Å². The zero-order valence-corrected chi connectivity index (χ0v) is 24.2. The van der Waals surface area contributed by atoms with Gasteiger partial charge in [0.05, 0.1) is 6.04 Å². The fraction of sp³-hybridized carbons (Fsp3) is 0.481. The maximum absolute atomic E-state index is 12.3. The van der Waals surface area contributed by atoms with E-state index < -0.39 is 60.6 Å². The van der Waals surface area contributed by atoms with Gasteiger partial charge in [0.1, 0.15) is 18.5 Å². The first-order valence-corrected chi connectivity index (χ1v) is 13.0. The Bertz CT molecular complexity index is 1250. The number of benzene rings is 1. The molecule has 1 saturated heterocycles. The number of carbonyl (C=O) groups excluding carboxylic acids is 5. The second-order valence-electron chi connectivity index (χ2n) is 9.38. The molecule has 0 spiro atoms. The topological polar surface area (TPSA) is 165 Å². The average Bonchev–Trinajstić information content (AvgIpc) is 2.85. The SMILES string of the molecule is CC(=O)OC[C@H]1O[C@@H](Oc2ccc(C3NC(=S)NC(C)=C3C(C)=O)cc2)[C@H](OC(C)=O)[C@H](OC(C)=O)[C@@H]1OC(C)=O. The van der Waals surface area contributed by atoms with Crippen LogP contribution in [-0.2, 0) is 47.7 Å². The molecule has 6 atom stereocenters. The van der Waals surface area contributed by atoms with Crippen LogP contribution in [0.3, 0.4) is 0 Å². The number of hydrogen-bond donors (Lipinski definition) is 2. The number of ether oxygens (including phenoxy) is 6. The van der Waals surface area contributed by atoms with Crippen LogP contribution in [0.4, 0.5) is 0 Å². The van der Waals surface area contributed by atoms with Crippen molar-refractivity contribution in [2.24, 2.45) is 0 Å². The first-order chi connectivity index (χ1) is 19.3. The van der Waals surface area contributed by atoms with Crippen molar-refractivity contribution in [2.45, 2.75) is 78.3 Å². The van der Waals surface area contributed by atoms with Gasteiger partial charge in [-0.15, -0.1) is 0 Å². The molecule has 0 aromatic heterocycles. The predicted molar refractivity (Wildman–Crippen MR) is 144 cm³/mol. The lowest BCUT2D eigenvalue weighted by Crippen LogP contribution is -2.63. The Morgan fingerprint density at radius 2 is 1.39 bits per heavy atom. The molecule has 0 saturated carbocycles. The minimum atomic E-state index is -1.37. The summed E-state index contributed by atoms with van der Waals surface area (Å²) in [5.41, 5.74) is 1.88. The van der Waals surface area contributed by atoms with Gasteiger partial charge in [-0.05, 0) is 43.8 Å². The van der Waals surface area contributed by atoms with Crippen LogP contribution in [0.2, 0.25) is 0 Å². The molecule has 13 nitrogen and oxygen atoms in total. The van der Waals surface area contributed by atoms with Crippen LogP contribution >= 0.6 is 12.2 Å². The summed E-state index contributed by atoms with van der Waals surface area (Å²) in [5, 5.41) is 6.40. The van der Waals surface area contributed by atoms with E-state index in [1.807, 2.05) is 0 Å². The quantitative estimate of drug-likeness (QED) is 0.241. The zero-order valence-electron chi connectivity index (χ0n) is 23.4. The second kappa shape index (κ2) is 13.5.